The zero-order valence-electron chi connectivity index (χ0n) is 21.9. The Bertz CT molecular complexity index is 1760. The van der Waals surface area contributed by atoms with Crippen LogP contribution in [0.3, 0.4) is 0 Å². The second-order valence-corrected chi connectivity index (χ2v) is 11.4. The molecule has 7 rings (SSSR count). The van der Waals surface area contributed by atoms with Gasteiger partial charge in [0.1, 0.15) is 17.2 Å². The first-order valence-electron chi connectivity index (χ1n) is 13.3. The number of thiophene rings is 1. The molecule has 3 aliphatic heterocycles. The summed E-state index contributed by atoms with van der Waals surface area (Å²) in [5.74, 6) is -2.01. The van der Waals surface area contributed by atoms with Crippen molar-refractivity contribution in [3.63, 3.8) is 0 Å². The average molecular weight is 561 g/mol. The first-order valence-corrected chi connectivity index (χ1v) is 14.1. The number of carbonyl (C=O) groups excluding carboxylic acids is 4. The van der Waals surface area contributed by atoms with E-state index in [0.717, 1.165) is 11.1 Å². The van der Waals surface area contributed by atoms with E-state index < -0.39 is 29.4 Å². The van der Waals surface area contributed by atoms with Crippen molar-refractivity contribution in [1.82, 2.24) is 4.90 Å². The number of benzene rings is 3. The summed E-state index contributed by atoms with van der Waals surface area (Å²) in [7, 11) is 0. The summed E-state index contributed by atoms with van der Waals surface area (Å²) < 4.78 is 5.16. The maximum atomic E-state index is 14.6. The van der Waals surface area contributed by atoms with Crippen LogP contribution in [0.1, 0.15) is 49.7 Å². The normalized spacial score (nSPS) is 23.5. The van der Waals surface area contributed by atoms with Gasteiger partial charge in [-0.05, 0) is 64.5 Å². The van der Waals surface area contributed by atoms with E-state index in [1.807, 2.05) is 71.1 Å². The van der Waals surface area contributed by atoms with Crippen LogP contribution in [0.5, 0.6) is 5.75 Å². The van der Waals surface area contributed by atoms with Crippen molar-refractivity contribution in [1.29, 1.82) is 0 Å². The maximum Gasteiger partial charge on any atom is 0.308 e. The Labute approximate surface area is 240 Å². The number of nitrogens with zero attached hydrogens (tertiary/aromatic N) is 1. The zero-order valence-corrected chi connectivity index (χ0v) is 22.8. The fourth-order valence-corrected chi connectivity index (χ4v) is 7.47. The van der Waals surface area contributed by atoms with Gasteiger partial charge in [-0.2, -0.15) is 0 Å². The summed E-state index contributed by atoms with van der Waals surface area (Å²) in [5, 5.41) is 4.87. The smallest absolute Gasteiger partial charge is 0.308 e. The molecule has 4 atom stereocenters. The number of Topliss-reactive ketones (excluding diaryl/α,β-unsaturated/α-hetero) is 2. The van der Waals surface area contributed by atoms with E-state index in [9.17, 15) is 19.2 Å². The summed E-state index contributed by atoms with van der Waals surface area (Å²) in [6, 6.07) is 23.5. The number of anilines is 1. The van der Waals surface area contributed by atoms with Crippen LogP contribution in [0, 0.1) is 5.92 Å². The number of ether oxygens (including phenoxy) is 1. The number of para-hydroxylation sites is 1. The van der Waals surface area contributed by atoms with Crippen LogP contribution in [0.4, 0.5) is 5.69 Å². The molecule has 4 heterocycles. The quantitative estimate of drug-likeness (QED) is 0.193. The summed E-state index contributed by atoms with van der Waals surface area (Å²) in [5.41, 5.74) is 2.16. The van der Waals surface area contributed by atoms with Gasteiger partial charge >= 0.3 is 5.97 Å². The maximum absolute atomic E-state index is 14.6. The Morgan fingerprint density at radius 1 is 0.902 bits per heavy atom. The number of esters is 1. The van der Waals surface area contributed by atoms with Gasteiger partial charge in [-0.1, -0.05) is 48.5 Å². The van der Waals surface area contributed by atoms with Crippen LogP contribution in [0.25, 0.3) is 6.08 Å². The van der Waals surface area contributed by atoms with Crippen LogP contribution >= 0.6 is 11.3 Å². The van der Waals surface area contributed by atoms with Crippen molar-refractivity contribution in [3.8, 4) is 5.75 Å². The van der Waals surface area contributed by atoms with E-state index in [1.54, 1.807) is 36.4 Å². The lowest BCUT2D eigenvalue weighted by Crippen LogP contribution is -2.49. The summed E-state index contributed by atoms with van der Waals surface area (Å²) >= 11 is 1.30. The van der Waals surface area contributed by atoms with Crippen molar-refractivity contribution in [2.24, 2.45) is 5.92 Å². The third kappa shape index (κ3) is 3.64. The van der Waals surface area contributed by atoms with Crippen molar-refractivity contribution in [3.05, 3.63) is 124 Å². The van der Waals surface area contributed by atoms with Gasteiger partial charge in [0.15, 0.2) is 11.6 Å². The molecule has 3 aromatic carbocycles. The molecular weight excluding hydrogens is 536 g/mol. The van der Waals surface area contributed by atoms with E-state index in [2.05, 4.69) is 5.32 Å². The lowest BCUT2D eigenvalue weighted by atomic mass is 9.63. The minimum absolute atomic E-state index is 0.248. The third-order valence-electron chi connectivity index (χ3n) is 8.29. The first-order chi connectivity index (χ1) is 19.9. The van der Waals surface area contributed by atoms with Crippen LogP contribution in [0.15, 0.2) is 96.5 Å². The Morgan fingerprint density at radius 2 is 1.66 bits per heavy atom. The predicted octanol–water partition coefficient (Wildman–Crippen LogP) is 5.66. The van der Waals surface area contributed by atoms with Gasteiger partial charge in [0.05, 0.1) is 16.8 Å². The van der Waals surface area contributed by atoms with Gasteiger partial charge in [0.25, 0.3) is 0 Å². The highest BCUT2D eigenvalue weighted by atomic mass is 32.1. The molecule has 1 spiro atoms. The molecule has 0 bridgehead atoms. The number of amides is 1. The summed E-state index contributed by atoms with van der Waals surface area (Å²) in [6.45, 7) is 1.31. The summed E-state index contributed by atoms with van der Waals surface area (Å²) in [4.78, 5) is 57.3. The molecule has 41 heavy (non-hydrogen) atoms. The van der Waals surface area contributed by atoms with Crippen molar-refractivity contribution in [2.45, 2.75) is 24.4 Å². The third-order valence-corrected chi connectivity index (χ3v) is 9.17. The monoisotopic (exact) mass is 560 g/mol. The summed E-state index contributed by atoms with van der Waals surface area (Å²) in [6.07, 6.45) is 3.78. The molecule has 1 aromatic heterocycles. The van der Waals surface area contributed by atoms with E-state index in [4.69, 9.17) is 4.74 Å². The fourth-order valence-electron chi connectivity index (χ4n) is 6.76. The van der Waals surface area contributed by atoms with Crippen LogP contribution in [0.2, 0.25) is 0 Å². The van der Waals surface area contributed by atoms with Gasteiger partial charge < -0.3 is 15.0 Å². The molecular formula is C33H24N2O5S. The largest absolute Gasteiger partial charge is 0.427 e. The zero-order chi connectivity index (χ0) is 28.3. The Morgan fingerprint density at radius 3 is 2.41 bits per heavy atom. The number of nitrogens with one attached hydrogen (secondary N) is 1. The van der Waals surface area contributed by atoms with Crippen LogP contribution < -0.4 is 10.1 Å². The number of carbonyl (C=O) groups is 4. The lowest BCUT2D eigenvalue weighted by molar-refractivity contribution is -0.131. The molecule has 1 saturated heterocycles. The van der Waals surface area contributed by atoms with Crippen molar-refractivity contribution in [2.75, 3.05) is 5.32 Å². The molecule has 8 heteroatoms. The van der Waals surface area contributed by atoms with Crippen LogP contribution in [-0.4, -0.2) is 34.4 Å². The van der Waals surface area contributed by atoms with Crippen LogP contribution in [-0.2, 0) is 15.0 Å². The van der Waals surface area contributed by atoms with E-state index >= 15 is 0 Å². The highest BCUT2D eigenvalue weighted by molar-refractivity contribution is 7.12. The van der Waals surface area contributed by atoms with E-state index in [0.29, 0.717) is 27.4 Å². The number of ketones is 2. The minimum atomic E-state index is -1.36. The Kier molecular flexibility index (Phi) is 5.76. The molecule has 0 saturated carbocycles. The first kappa shape index (κ1) is 25.2. The Hall–Kier alpha value is -4.82. The molecule has 0 radical (unpaired) electrons. The predicted molar refractivity (Wildman–Crippen MR) is 155 cm³/mol. The van der Waals surface area contributed by atoms with Crippen molar-refractivity contribution >= 4 is 46.5 Å². The van der Waals surface area contributed by atoms with Gasteiger partial charge in [-0.15, -0.1) is 11.3 Å². The lowest BCUT2D eigenvalue weighted by Gasteiger charge is -2.38. The number of hydrogen-bond acceptors (Lipinski definition) is 7. The topological polar surface area (TPSA) is 92.8 Å². The fraction of sp³-hybridized carbons (Fsp3) is 0.152. The van der Waals surface area contributed by atoms with Crippen molar-refractivity contribution < 1.29 is 23.9 Å². The molecule has 0 unspecified atom stereocenters. The minimum Gasteiger partial charge on any atom is -0.427 e. The molecule has 202 valence electrons. The number of fused-ring (bicyclic) bond motifs is 6. The second kappa shape index (κ2) is 9.38. The van der Waals surface area contributed by atoms with Gasteiger partial charge in [0, 0.05) is 24.4 Å². The van der Waals surface area contributed by atoms with Gasteiger partial charge in [-0.3, -0.25) is 19.2 Å². The Balaban J connectivity index is 1.47. The molecule has 1 N–H and O–H groups in total. The number of hydrogen-bond donors (Lipinski definition) is 1. The SMILES string of the molecule is CC(=O)Oc1ccc(C(=O)[C@H]2[C@@H](C(=O)c3cccs3)[C@]3(C(=O)Nc4ccccc43)[C@H]3c4ccccc4C=CN23)cc1. The highest BCUT2D eigenvalue weighted by Crippen LogP contribution is 2.62. The molecule has 4 aromatic rings. The number of rotatable bonds is 5. The molecule has 1 fully saturated rings. The molecule has 1 amide bonds. The molecule has 7 nitrogen and oxygen atoms in total. The van der Waals surface area contributed by atoms with Gasteiger partial charge in [-0.25, -0.2) is 0 Å². The van der Waals surface area contributed by atoms with E-state index in [-0.39, 0.29) is 17.5 Å². The molecule has 0 aliphatic carbocycles. The average Bonchev–Trinajstić information content (AvgIpc) is 3.69. The highest BCUT2D eigenvalue weighted by Gasteiger charge is 2.70. The molecule has 3 aliphatic rings. The van der Waals surface area contributed by atoms with Gasteiger partial charge in [0.2, 0.25) is 5.91 Å². The standard InChI is InChI=1S/C33H24N2O5S/c1-19(36)40-22-14-12-21(13-15-22)29(37)28-27(30(38)26-11-6-18-41-26)33(24-9-4-5-10-25(24)34-32(33)39)31-23-8-3-2-7-20(23)16-17-35(28)31/h2-18,27-28,31H,1H3,(H,34,39)/t27-,28+,31+,33-/m0/s1. The van der Waals surface area contributed by atoms with E-state index in [1.165, 1.54) is 18.3 Å². The second-order valence-electron chi connectivity index (χ2n) is 10.4.